The van der Waals surface area contributed by atoms with Gasteiger partial charge in [0.15, 0.2) is 28.5 Å². The molecule has 0 spiro atoms. The van der Waals surface area contributed by atoms with Crippen molar-refractivity contribution in [2.24, 2.45) is 28.6 Å². The monoisotopic (exact) mass is 816 g/mol. The number of hydrogen-bond acceptors (Lipinski definition) is 15. The summed E-state index contributed by atoms with van der Waals surface area (Å²) in [6.07, 6.45) is 6.70. The fourth-order valence-corrected chi connectivity index (χ4v) is 10.3. The van der Waals surface area contributed by atoms with Crippen molar-refractivity contribution < 1.29 is 49.5 Å². The summed E-state index contributed by atoms with van der Waals surface area (Å²) in [6.45, 7) is 3.83. The van der Waals surface area contributed by atoms with Gasteiger partial charge in [0.05, 0.1) is 24.5 Å². The van der Waals surface area contributed by atoms with Crippen molar-refractivity contribution >= 4 is 58.0 Å². The SMILES string of the molecule is CN(Cc1cnc2nc(N)nc(N)c2n1)c1ccc(C(=O)N[C@@H](CCC(=O)O)C(=O)O)cc1.C[C@]12CCC(=O)C=C1CC[C@@H]1[C@@H]2[C@@H](O)C[C@@]2(C)[C@H]1CC[C@]2(O)C(=O)CO. The fourth-order valence-electron chi connectivity index (χ4n) is 10.3. The Kier molecular flexibility index (Phi) is 12.1. The minimum Gasteiger partial charge on any atom is -0.481 e. The van der Waals surface area contributed by atoms with Gasteiger partial charge in [-0.25, -0.2) is 14.8 Å². The molecular weight excluding hydrogens is 764 g/mol. The number of ketones is 2. The Labute approximate surface area is 340 Å². The molecule has 4 aliphatic carbocycles. The summed E-state index contributed by atoms with van der Waals surface area (Å²) < 4.78 is 0. The first kappa shape index (κ1) is 43.0. The normalized spacial score (nSPS) is 28.8. The van der Waals surface area contributed by atoms with Crippen LogP contribution in [0.25, 0.3) is 11.2 Å². The zero-order valence-electron chi connectivity index (χ0n) is 33.3. The van der Waals surface area contributed by atoms with E-state index >= 15 is 0 Å². The standard InChI is InChI=1S/C21H30O5.C20H22N8O5/c1-19-7-5-13(23)9-12(19)3-4-14-15-6-8-21(26,17(25)11-22)20(15,2)10-16(24)18(14)19;1-28(9-11-8-23-17-15(24-11)16(21)26-20(22)27-17)12-4-2-10(3-5-12)18(31)25-13(19(32)33)6-7-14(29)30/h9,14-16,18,22,24,26H,3-8,10-11H2,1-2H3;2-5,8,13H,6-7,9H2,1H3,(H,25,31)(H,29,30)(H,32,33)(H4,21,22,23,26,27)/t14-,15-,16-,18+,19-,20-,21-;13-/m00/s1. The Hall–Kier alpha value is -5.59. The number of rotatable bonds is 11. The van der Waals surface area contributed by atoms with E-state index in [1.54, 1.807) is 24.4 Å². The number of nitrogens with zero attached hydrogens (tertiary/aromatic N) is 5. The number of allylic oxidation sites excluding steroid dienone is 1. The van der Waals surface area contributed by atoms with Crippen LogP contribution in [0.4, 0.5) is 17.5 Å². The van der Waals surface area contributed by atoms with E-state index in [1.165, 1.54) is 17.7 Å². The Balaban J connectivity index is 0.000000203. The highest BCUT2D eigenvalue weighted by molar-refractivity contribution is 5.97. The maximum atomic E-state index is 12.4. The highest BCUT2D eigenvalue weighted by atomic mass is 16.4. The zero-order valence-corrected chi connectivity index (χ0v) is 33.3. The summed E-state index contributed by atoms with van der Waals surface area (Å²) in [4.78, 5) is 77.0. The average Bonchev–Trinajstić information content (AvgIpc) is 3.46. The molecule has 0 radical (unpaired) electrons. The third kappa shape index (κ3) is 8.20. The van der Waals surface area contributed by atoms with Gasteiger partial charge >= 0.3 is 11.9 Å². The molecule has 18 heteroatoms. The van der Waals surface area contributed by atoms with Gasteiger partial charge in [-0.15, -0.1) is 0 Å². The second-order valence-electron chi connectivity index (χ2n) is 16.8. The lowest BCUT2D eigenvalue weighted by molar-refractivity contribution is -0.182. The van der Waals surface area contributed by atoms with E-state index in [1.807, 2.05) is 18.9 Å². The summed E-state index contributed by atoms with van der Waals surface area (Å²) in [5, 5.41) is 52.0. The molecule has 4 aliphatic rings. The van der Waals surface area contributed by atoms with Gasteiger partial charge in [0.1, 0.15) is 18.2 Å². The van der Waals surface area contributed by atoms with E-state index in [4.69, 9.17) is 16.6 Å². The zero-order chi connectivity index (χ0) is 43.0. The van der Waals surface area contributed by atoms with Gasteiger partial charge in [-0.3, -0.25) is 19.2 Å². The van der Waals surface area contributed by atoms with Gasteiger partial charge in [-0.1, -0.05) is 19.4 Å². The first-order chi connectivity index (χ1) is 27.8. The van der Waals surface area contributed by atoms with Gasteiger partial charge in [-0.2, -0.15) is 9.97 Å². The lowest BCUT2D eigenvalue weighted by atomic mass is 9.45. The lowest BCUT2D eigenvalue weighted by Crippen LogP contribution is -2.62. The number of carboxylic acid groups (broad SMARTS) is 2. The third-order valence-electron chi connectivity index (χ3n) is 13.4. The number of aromatic nitrogens is 4. The maximum absolute atomic E-state index is 12.4. The molecule has 1 amide bonds. The number of benzene rings is 1. The predicted octanol–water partition coefficient (Wildman–Crippen LogP) is 2.05. The molecule has 3 saturated carbocycles. The van der Waals surface area contributed by atoms with Crippen molar-refractivity contribution in [2.75, 3.05) is 30.0 Å². The van der Waals surface area contributed by atoms with Crippen LogP contribution >= 0.6 is 0 Å². The molecule has 2 aromatic heterocycles. The van der Waals surface area contributed by atoms with Gasteiger partial charge in [0, 0.05) is 36.6 Å². The van der Waals surface area contributed by atoms with Gasteiger partial charge in [-0.05, 0) is 98.5 Å². The highest BCUT2D eigenvalue weighted by Gasteiger charge is 2.68. The topological polar surface area (TPSA) is 305 Å². The average molecular weight is 817 g/mol. The predicted molar refractivity (Wildman–Crippen MR) is 213 cm³/mol. The van der Waals surface area contributed by atoms with Crippen molar-refractivity contribution in [3.63, 3.8) is 0 Å². The van der Waals surface area contributed by atoms with E-state index in [9.17, 15) is 44.4 Å². The third-order valence-corrected chi connectivity index (χ3v) is 13.4. The van der Waals surface area contributed by atoms with Crippen molar-refractivity contribution in [1.82, 2.24) is 25.3 Å². The van der Waals surface area contributed by atoms with Crippen molar-refractivity contribution in [2.45, 2.75) is 95.9 Å². The highest BCUT2D eigenvalue weighted by Crippen LogP contribution is 2.67. The second kappa shape index (κ2) is 16.6. The van der Waals surface area contributed by atoms with Gasteiger partial charge < -0.3 is 47.2 Å². The van der Waals surface area contributed by atoms with Crippen molar-refractivity contribution in [1.29, 1.82) is 0 Å². The van der Waals surface area contributed by atoms with E-state index in [2.05, 4.69) is 32.2 Å². The molecule has 8 atom stereocenters. The number of hydrogen-bond donors (Lipinski definition) is 8. The van der Waals surface area contributed by atoms with E-state index < -0.39 is 53.4 Å². The van der Waals surface area contributed by atoms with Crippen LogP contribution in [-0.2, 0) is 25.7 Å². The van der Waals surface area contributed by atoms with Crippen LogP contribution < -0.4 is 21.7 Å². The summed E-state index contributed by atoms with van der Waals surface area (Å²) in [6, 6.07) is 5.16. The number of aliphatic hydroxyl groups excluding tert-OH is 2. The number of nitrogen functional groups attached to an aromatic ring is 2. The van der Waals surface area contributed by atoms with Crippen LogP contribution in [0.5, 0.6) is 0 Å². The number of aliphatic hydroxyl groups is 3. The molecule has 59 heavy (non-hydrogen) atoms. The number of carbonyl (C=O) groups is 5. The second-order valence-corrected chi connectivity index (χ2v) is 16.8. The number of nitrogens with two attached hydrogens (primary N) is 2. The number of Topliss-reactive ketones (excluding diaryl/α,β-unsaturated/α-hetero) is 1. The fraction of sp³-hybridized carbons (Fsp3) is 0.537. The molecule has 1 aromatic carbocycles. The molecule has 18 nitrogen and oxygen atoms in total. The van der Waals surface area contributed by atoms with Crippen LogP contribution in [-0.4, -0.2) is 106 Å². The number of fused-ring (bicyclic) bond motifs is 6. The molecule has 0 bridgehead atoms. The van der Waals surface area contributed by atoms with E-state index in [0.29, 0.717) is 42.7 Å². The Bertz CT molecular complexity index is 2180. The summed E-state index contributed by atoms with van der Waals surface area (Å²) >= 11 is 0. The lowest BCUT2D eigenvalue weighted by Gasteiger charge is -2.60. The minimum atomic E-state index is -1.54. The molecule has 316 valence electrons. The molecule has 3 aromatic rings. The van der Waals surface area contributed by atoms with E-state index in [-0.39, 0.29) is 59.1 Å². The van der Waals surface area contributed by atoms with E-state index in [0.717, 1.165) is 31.4 Å². The number of aliphatic carboxylic acids is 2. The molecule has 7 rings (SSSR count). The van der Waals surface area contributed by atoms with Gasteiger partial charge in [0.2, 0.25) is 5.95 Å². The van der Waals surface area contributed by atoms with Crippen LogP contribution in [0.15, 0.2) is 42.1 Å². The molecule has 0 unspecified atom stereocenters. The largest absolute Gasteiger partial charge is 0.481 e. The molecular formula is C41H52N8O10. The molecule has 0 saturated heterocycles. The summed E-state index contributed by atoms with van der Waals surface area (Å²) in [7, 11) is 1.82. The van der Waals surface area contributed by atoms with Crippen molar-refractivity contribution in [3.8, 4) is 0 Å². The summed E-state index contributed by atoms with van der Waals surface area (Å²) in [5.74, 6) is -2.77. The molecule has 2 heterocycles. The number of nitrogens with one attached hydrogen (secondary N) is 1. The summed E-state index contributed by atoms with van der Waals surface area (Å²) in [5.41, 5.74) is 12.4. The van der Waals surface area contributed by atoms with Crippen LogP contribution in [0.3, 0.4) is 0 Å². The smallest absolute Gasteiger partial charge is 0.326 e. The number of carboxylic acids is 2. The van der Waals surface area contributed by atoms with Crippen molar-refractivity contribution in [3.05, 3.63) is 53.4 Å². The Morgan fingerprint density at radius 2 is 1.73 bits per heavy atom. The molecule has 0 aliphatic heterocycles. The van der Waals surface area contributed by atoms with Crippen LogP contribution in [0, 0.1) is 28.6 Å². The van der Waals surface area contributed by atoms with Crippen LogP contribution in [0.1, 0.15) is 87.7 Å². The first-order valence-corrected chi connectivity index (χ1v) is 19.7. The van der Waals surface area contributed by atoms with Gasteiger partial charge in [0.25, 0.3) is 5.91 Å². The number of carbonyl (C=O) groups excluding carboxylic acids is 3. The minimum absolute atomic E-state index is 0.0138. The van der Waals surface area contributed by atoms with Crippen LogP contribution in [0.2, 0.25) is 0 Å². The first-order valence-electron chi connectivity index (χ1n) is 19.7. The maximum Gasteiger partial charge on any atom is 0.326 e. The Morgan fingerprint density at radius 3 is 2.39 bits per heavy atom. The number of anilines is 3. The Morgan fingerprint density at radius 1 is 1.02 bits per heavy atom. The quantitative estimate of drug-likeness (QED) is 0.137. The number of amides is 1. The molecule has 3 fully saturated rings. The molecule has 10 N–H and O–H groups in total.